The van der Waals surface area contributed by atoms with Crippen LogP contribution >= 0.6 is 0 Å². The van der Waals surface area contributed by atoms with Gasteiger partial charge in [0.2, 0.25) is 0 Å². The molecule has 0 spiro atoms. The van der Waals surface area contributed by atoms with Crippen LogP contribution in [0.4, 0.5) is 4.79 Å². The number of phenols is 1. The molecular weight excluding hydrogens is 280 g/mol. The number of phenolic OH excluding ortho intramolecular Hbond substituents is 1. The smallest absolute Gasteiger partial charge is 0.338 e. The minimum absolute atomic E-state index is 0.243. The maximum absolute atomic E-state index is 10.9. The van der Waals surface area contributed by atoms with E-state index < -0.39 is 6.03 Å². The van der Waals surface area contributed by atoms with Crippen LogP contribution < -0.4 is 5.73 Å². The van der Waals surface area contributed by atoms with Gasteiger partial charge in [0.25, 0.3) is 0 Å². The van der Waals surface area contributed by atoms with E-state index in [-0.39, 0.29) is 18.2 Å². The Morgan fingerprint density at radius 2 is 1.91 bits per heavy atom. The number of amides is 2. The number of carbonyl (C=O) groups excluding carboxylic acids is 1. The van der Waals surface area contributed by atoms with Crippen molar-refractivity contribution in [2.45, 2.75) is 12.3 Å². The second kappa shape index (κ2) is 5.69. The summed E-state index contributed by atoms with van der Waals surface area (Å²) in [5.41, 5.74) is 8.34. The van der Waals surface area contributed by atoms with Crippen LogP contribution in [0, 0.1) is 5.92 Å². The lowest BCUT2D eigenvalue weighted by Crippen LogP contribution is -2.34. The zero-order valence-electron chi connectivity index (χ0n) is 12.0. The van der Waals surface area contributed by atoms with E-state index in [2.05, 4.69) is 12.1 Å². The Bertz CT molecular complexity index is 685. The molecule has 3 rings (SSSR count). The van der Waals surface area contributed by atoms with Crippen LogP contribution in [0.2, 0.25) is 0 Å². The average molecular weight is 298 g/mol. The third kappa shape index (κ3) is 3.04. The number of benzene rings is 2. The normalized spacial score (nSPS) is 19.7. The van der Waals surface area contributed by atoms with Crippen LogP contribution in [0.5, 0.6) is 5.75 Å². The summed E-state index contributed by atoms with van der Waals surface area (Å²) in [7, 11) is 0. The summed E-state index contributed by atoms with van der Waals surface area (Å²) >= 11 is 0. The van der Waals surface area contributed by atoms with E-state index in [9.17, 15) is 15.1 Å². The van der Waals surface area contributed by atoms with Gasteiger partial charge in [-0.15, -0.1) is 0 Å². The fourth-order valence-corrected chi connectivity index (χ4v) is 2.77. The van der Waals surface area contributed by atoms with E-state index in [0.717, 1.165) is 17.5 Å². The van der Waals surface area contributed by atoms with E-state index >= 15 is 0 Å². The number of primary amides is 1. The Morgan fingerprint density at radius 1 is 1.18 bits per heavy atom. The van der Waals surface area contributed by atoms with Crippen molar-refractivity contribution in [3.63, 3.8) is 0 Å². The summed E-state index contributed by atoms with van der Waals surface area (Å²) in [6.45, 7) is 0.267. The molecule has 5 heteroatoms. The van der Waals surface area contributed by atoms with E-state index in [0.29, 0.717) is 11.0 Å². The van der Waals surface area contributed by atoms with E-state index in [1.165, 1.54) is 5.56 Å². The lowest BCUT2D eigenvalue weighted by Gasteiger charge is -2.11. The molecule has 2 aromatic rings. The second-order valence-corrected chi connectivity index (χ2v) is 5.69. The predicted molar refractivity (Wildman–Crippen MR) is 82.5 cm³/mol. The van der Waals surface area contributed by atoms with Gasteiger partial charge in [-0.05, 0) is 47.1 Å². The summed E-state index contributed by atoms with van der Waals surface area (Å²) < 4.78 is 0. The first-order valence-corrected chi connectivity index (χ1v) is 7.20. The van der Waals surface area contributed by atoms with Crippen molar-refractivity contribution in [1.29, 1.82) is 0 Å². The highest BCUT2D eigenvalue weighted by Gasteiger charge is 2.39. The van der Waals surface area contributed by atoms with Crippen LogP contribution in [-0.2, 0) is 0 Å². The number of hydrogen-bond acceptors (Lipinski definition) is 3. The summed E-state index contributed by atoms with van der Waals surface area (Å²) in [5, 5.41) is 19.3. The molecule has 0 aromatic heterocycles. The van der Waals surface area contributed by atoms with E-state index in [4.69, 9.17) is 5.73 Å². The lowest BCUT2D eigenvalue weighted by atomic mass is 10.0. The highest BCUT2D eigenvalue weighted by molar-refractivity contribution is 5.70. The van der Waals surface area contributed by atoms with Crippen molar-refractivity contribution in [3.8, 4) is 16.9 Å². The molecule has 22 heavy (non-hydrogen) atoms. The number of hydrogen-bond donors (Lipinski definition) is 3. The number of hydroxylamine groups is 2. The highest BCUT2D eigenvalue weighted by atomic mass is 16.5. The Hall–Kier alpha value is -2.53. The van der Waals surface area contributed by atoms with Gasteiger partial charge in [0.05, 0.1) is 6.54 Å². The Kier molecular flexibility index (Phi) is 3.73. The van der Waals surface area contributed by atoms with Crippen LogP contribution in [0.3, 0.4) is 0 Å². The third-order valence-electron chi connectivity index (χ3n) is 4.10. The van der Waals surface area contributed by atoms with Gasteiger partial charge in [-0.1, -0.05) is 36.4 Å². The van der Waals surface area contributed by atoms with Crippen molar-refractivity contribution in [2.24, 2.45) is 11.7 Å². The fraction of sp³-hybridized carbons (Fsp3) is 0.235. The van der Waals surface area contributed by atoms with Crippen LogP contribution in [-0.4, -0.2) is 28.0 Å². The largest absolute Gasteiger partial charge is 0.508 e. The summed E-state index contributed by atoms with van der Waals surface area (Å²) in [4.78, 5) is 10.9. The summed E-state index contributed by atoms with van der Waals surface area (Å²) in [6.07, 6.45) is 0.934. The molecule has 0 radical (unpaired) electrons. The Labute approximate surface area is 128 Å². The number of urea groups is 1. The third-order valence-corrected chi connectivity index (χ3v) is 4.10. The number of nitrogens with zero attached hydrogens (tertiary/aromatic N) is 1. The molecule has 5 nitrogen and oxygen atoms in total. The van der Waals surface area contributed by atoms with Crippen LogP contribution in [0.25, 0.3) is 11.1 Å². The standard InChI is InChI=1S/C17H18N2O3/c18-17(21)19(22)10-14-9-16(14)13-3-1-2-12(8-13)11-4-6-15(20)7-5-11/h1-8,14,16,20,22H,9-10H2,(H2,18,21)/t14-,16-/m0/s1. The van der Waals surface area contributed by atoms with Crippen molar-refractivity contribution in [1.82, 2.24) is 5.06 Å². The number of carbonyl (C=O) groups is 1. The minimum atomic E-state index is -0.816. The monoisotopic (exact) mass is 298 g/mol. The van der Waals surface area contributed by atoms with Crippen molar-refractivity contribution >= 4 is 6.03 Å². The van der Waals surface area contributed by atoms with E-state index in [1.807, 2.05) is 24.3 Å². The number of aromatic hydroxyl groups is 1. The first-order chi connectivity index (χ1) is 10.5. The Morgan fingerprint density at radius 3 is 2.59 bits per heavy atom. The van der Waals surface area contributed by atoms with Gasteiger partial charge in [0.15, 0.2) is 0 Å². The molecule has 1 aliphatic rings. The van der Waals surface area contributed by atoms with E-state index in [1.54, 1.807) is 12.1 Å². The molecule has 2 aromatic carbocycles. The SMILES string of the molecule is NC(=O)N(O)C[C@@H]1C[C@H]1c1cccc(-c2ccc(O)cc2)c1. The van der Waals surface area contributed by atoms with Crippen LogP contribution in [0.1, 0.15) is 17.9 Å². The topological polar surface area (TPSA) is 86.8 Å². The fourth-order valence-electron chi connectivity index (χ4n) is 2.77. The van der Waals surface area contributed by atoms with Crippen molar-refractivity contribution < 1.29 is 15.1 Å². The first-order valence-electron chi connectivity index (χ1n) is 7.20. The molecule has 0 saturated heterocycles. The molecule has 0 bridgehead atoms. The first kappa shape index (κ1) is 14.4. The molecule has 1 saturated carbocycles. The molecule has 0 aliphatic heterocycles. The molecule has 2 amide bonds. The Balaban J connectivity index is 1.73. The number of rotatable bonds is 4. The lowest BCUT2D eigenvalue weighted by molar-refractivity contribution is -0.0431. The summed E-state index contributed by atoms with van der Waals surface area (Å²) in [6, 6.07) is 14.5. The van der Waals surface area contributed by atoms with Gasteiger partial charge >= 0.3 is 6.03 Å². The molecule has 114 valence electrons. The van der Waals surface area contributed by atoms with Crippen LogP contribution in [0.15, 0.2) is 48.5 Å². The molecule has 4 N–H and O–H groups in total. The minimum Gasteiger partial charge on any atom is -0.508 e. The zero-order chi connectivity index (χ0) is 15.7. The van der Waals surface area contributed by atoms with Gasteiger partial charge < -0.3 is 10.8 Å². The maximum Gasteiger partial charge on any atom is 0.338 e. The molecule has 2 atom stereocenters. The van der Waals surface area contributed by atoms with Crippen molar-refractivity contribution in [3.05, 3.63) is 54.1 Å². The van der Waals surface area contributed by atoms with Gasteiger partial charge in [-0.25, -0.2) is 9.86 Å². The predicted octanol–water partition coefficient (Wildman–Crippen LogP) is 2.93. The molecule has 1 fully saturated rings. The quantitative estimate of drug-likeness (QED) is 0.599. The zero-order valence-corrected chi connectivity index (χ0v) is 12.0. The van der Waals surface area contributed by atoms with Gasteiger partial charge in [0, 0.05) is 0 Å². The molecular formula is C17H18N2O3. The molecule has 0 heterocycles. The van der Waals surface area contributed by atoms with Crippen molar-refractivity contribution in [2.75, 3.05) is 6.54 Å². The molecule has 1 aliphatic carbocycles. The highest BCUT2D eigenvalue weighted by Crippen LogP contribution is 2.48. The molecule has 0 unspecified atom stereocenters. The van der Waals surface area contributed by atoms with Gasteiger partial charge in [-0.3, -0.25) is 5.21 Å². The summed E-state index contributed by atoms with van der Waals surface area (Å²) in [5.74, 6) is 0.829. The number of nitrogens with two attached hydrogens (primary N) is 1. The second-order valence-electron chi connectivity index (χ2n) is 5.69. The maximum atomic E-state index is 10.9. The average Bonchev–Trinajstić information content (AvgIpc) is 3.27. The van der Waals surface area contributed by atoms with Gasteiger partial charge in [-0.2, -0.15) is 0 Å². The van der Waals surface area contributed by atoms with Gasteiger partial charge in [0.1, 0.15) is 5.75 Å².